The van der Waals surface area contributed by atoms with Crippen LogP contribution in [0.2, 0.25) is 0 Å². The quantitative estimate of drug-likeness (QED) is 0.861. The van der Waals surface area contributed by atoms with Crippen molar-refractivity contribution in [3.8, 4) is 11.6 Å². The third kappa shape index (κ3) is 3.43. The van der Waals surface area contributed by atoms with Crippen LogP contribution in [-0.2, 0) is 0 Å². The minimum atomic E-state index is -0.414. The van der Waals surface area contributed by atoms with Crippen molar-refractivity contribution in [1.82, 2.24) is 14.7 Å². The average Bonchev–Trinajstić information content (AvgIpc) is 2.62. The van der Waals surface area contributed by atoms with Crippen molar-refractivity contribution < 1.29 is 9.53 Å². The standard InChI is InChI=1S/C19H23N3O3/c1-13-7-9-15(10-8-13)22-17(25-3)12-16(23)18(20-22)19(24)21-11-5-4-6-14(21)2/h7-10,12,14H,4-6,11H2,1-3H3. The van der Waals surface area contributed by atoms with E-state index in [1.807, 2.05) is 38.1 Å². The molecule has 0 bridgehead atoms. The fraction of sp³-hybridized carbons (Fsp3) is 0.421. The molecule has 1 aromatic carbocycles. The average molecular weight is 341 g/mol. The Balaban J connectivity index is 2.05. The predicted octanol–water partition coefficient (Wildman–Crippen LogP) is 2.56. The van der Waals surface area contributed by atoms with E-state index in [1.165, 1.54) is 17.9 Å². The second-order valence-electron chi connectivity index (χ2n) is 6.49. The molecule has 0 aliphatic carbocycles. The Hall–Kier alpha value is -2.63. The van der Waals surface area contributed by atoms with Gasteiger partial charge in [0.2, 0.25) is 11.3 Å². The van der Waals surface area contributed by atoms with Gasteiger partial charge >= 0.3 is 0 Å². The first-order valence-electron chi connectivity index (χ1n) is 8.57. The van der Waals surface area contributed by atoms with Gasteiger partial charge in [-0.2, -0.15) is 5.10 Å². The maximum Gasteiger partial charge on any atom is 0.278 e. The van der Waals surface area contributed by atoms with Crippen LogP contribution in [0.4, 0.5) is 0 Å². The summed E-state index contributed by atoms with van der Waals surface area (Å²) in [5, 5.41) is 4.34. The van der Waals surface area contributed by atoms with Crippen LogP contribution in [0.15, 0.2) is 35.1 Å². The number of aryl methyl sites for hydroxylation is 1. The molecule has 132 valence electrons. The Morgan fingerprint density at radius 3 is 2.60 bits per heavy atom. The van der Waals surface area contributed by atoms with Gasteiger partial charge in [0.15, 0.2) is 5.69 Å². The molecule has 1 aliphatic rings. The summed E-state index contributed by atoms with van der Waals surface area (Å²) in [5.41, 5.74) is 1.38. The first-order valence-corrected chi connectivity index (χ1v) is 8.57. The Kier molecular flexibility index (Phi) is 4.88. The molecule has 0 saturated carbocycles. The number of methoxy groups -OCH3 is 1. The zero-order valence-electron chi connectivity index (χ0n) is 14.9. The van der Waals surface area contributed by atoms with E-state index in [0.717, 1.165) is 30.5 Å². The number of nitrogens with zero attached hydrogens (tertiary/aromatic N) is 3. The maximum atomic E-state index is 12.9. The van der Waals surface area contributed by atoms with E-state index in [2.05, 4.69) is 5.10 Å². The predicted molar refractivity (Wildman–Crippen MR) is 95.5 cm³/mol. The van der Waals surface area contributed by atoms with E-state index >= 15 is 0 Å². The molecule has 3 rings (SSSR count). The summed E-state index contributed by atoms with van der Waals surface area (Å²) in [4.78, 5) is 27.1. The summed E-state index contributed by atoms with van der Waals surface area (Å²) >= 11 is 0. The number of hydrogen-bond donors (Lipinski definition) is 0. The van der Waals surface area contributed by atoms with Crippen LogP contribution in [0, 0.1) is 6.92 Å². The van der Waals surface area contributed by atoms with Gasteiger partial charge in [0.25, 0.3) is 5.91 Å². The summed E-state index contributed by atoms with van der Waals surface area (Å²) in [5.74, 6) is -0.00203. The molecule has 0 N–H and O–H groups in total. The highest BCUT2D eigenvalue weighted by molar-refractivity contribution is 5.92. The Morgan fingerprint density at radius 2 is 1.96 bits per heavy atom. The number of aromatic nitrogens is 2. The second-order valence-corrected chi connectivity index (χ2v) is 6.49. The Bertz CT molecular complexity index is 827. The number of likely N-dealkylation sites (tertiary alicyclic amines) is 1. The van der Waals surface area contributed by atoms with E-state index < -0.39 is 5.43 Å². The van der Waals surface area contributed by atoms with Crippen LogP contribution < -0.4 is 10.2 Å². The lowest BCUT2D eigenvalue weighted by molar-refractivity contribution is 0.0625. The lowest BCUT2D eigenvalue weighted by atomic mass is 10.0. The van der Waals surface area contributed by atoms with Crippen molar-refractivity contribution in [2.45, 2.75) is 39.2 Å². The molecular formula is C19H23N3O3. The molecule has 1 atom stereocenters. The van der Waals surface area contributed by atoms with Crippen molar-refractivity contribution in [2.75, 3.05) is 13.7 Å². The van der Waals surface area contributed by atoms with E-state index in [0.29, 0.717) is 12.4 Å². The molecule has 6 heteroatoms. The number of hydrogen-bond acceptors (Lipinski definition) is 4. The molecular weight excluding hydrogens is 318 g/mol. The summed E-state index contributed by atoms with van der Waals surface area (Å²) < 4.78 is 6.79. The minimum absolute atomic E-state index is 0.0601. The highest BCUT2D eigenvalue weighted by atomic mass is 16.5. The van der Waals surface area contributed by atoms with Crippen molar-refractivity contribution >= 4 is 5.91 Å². The SMILES string of the molecule is COc1cc(=O)c(C(=O)N2CCCCC2C)nn1-c1ccc(C)cc1. The lowest BCUT2D eigenvalue weighted by Crippen LogP contribution is -2.44. The topological polar surface area (TPSA) is 64.4 Å². The van der Waals surface area contributed by atoms with Gasteiger partial charge in [-0.05, 0) is 45.2 Å². The molecule has 1 aromatic heterocycles. The first-order chi connectivity index (χ1) is 12.0. The fourth-order valence-electron chi connectivity index (χ4n) is 3.14. The van der Waals surface area contributed by atoms with E-state index in [1.54, 1.807) is 4.90 Å². The molecule has 1 unspecified atom stereocenters. The molecule has 1 aliphatic heterocycles. The third-order valence-corrected chi connectivity index (χ3v) is 4.65. The van der Waals surface area contributed by atoms with Gasteiger partial charge < -0.3 is 9.64 Å². The molecule has 6 nitrogen and oxygen atoms in total. The van der Waals surface area contributed by atoms with Crippen LogP contribution in [0.5, 0.6) is 5.88 Å². The van der Waals surface area contributed by atoms with Crippen LogP contribution in [0.25, 0.3) is 5.69 Å². The molecule has 1 fully saturated rings. The van der Waals surface area contributed by atoms with Crippen LogP contribution in [0.1, 0.15) is 42.2 Å². The number of carbonyl (C=O) groups excluding carboxylic acids is 1. The number of piperidine rings is 1. The number of carbonyl (C=O) groups is 1. The van der Waals surface area contributed by atoms with Crippen LogP contribution in [-0.4, -0.2) is 40.3 Å². The highest BCUT2D eigenvalue weighted by Crippen LogP contribution is 2.20. The molecule has 0 spiro atoms. The van der Waals surface area contributed by atoms with Gasteiger partial charge in [-0.1, -0.05) is 17.7 Å². The van der Waals surface area contributed by atoms with Gasteiger partial charge in [-0.15, -0.1) is 0 Å². The summed E-state index contributed by atoms with van der Waals surface area (Å²) in [7, 11) is 1.48. The molecule has 0 radical (unpaired) electrons. The molecule has 2 heterocycles. The van der Waals surface area contributed by atoms with Gasteiger partial charge in [0, 0.05) is 12.6 Å². The van der Waals surface area contributed by atoms with Gasteiger partial charge in [0.05, 0.1) is 18.9 Å². The maximum absolute atomic E-state index is 12.9. The Labute approximate surface area is 147 Å². The molecule has 25 heavy (non-hydrogen) atoms. The Morgan fingerprint density at radius 1 is 1.24 bits per heavy atom. The third-order valence-electron chi connectivity index (χ3n) is 4.65. The van der Waals surface area contributed by atoms with Crippen molar-refractivity contribution in [1.29, 1.82) is 0 Å². The van der Waals surface area contributed by atoms with Gasteiger partial charge in [-0.3, -0.25) is 9.59 Å². The van der Waals surface area contributed by atoms with E-state index in [9.17, 15) is 9.59 Å². The zero-order chi connectivity index (χ0) is 18.0. The summed E-state index contributed by atoms with van der Waals surface area (Å²) in [6.07, 6.45) is 3.01. The first kappa shape index (κ1) is 17.2. The lowest BCUT2D eigenvalue weighted by Gasteiger charge is -2.33. The largest absolute Gasteiger partial charge is 0.481 e. The zero-order valence-corrected chi connectivity index (χ0v) is 14.9. The van der Waals surface area contributed by atoms with E-state index in [-0.39, 0.29) is 17.6 Å². The molecule has 1 amide bonds. The summed E-state index contributed by atoms with van der Waals surface area (Å²) in [6.45, 7) is 4.67. The normalized spacial score (nSPS) is 17.4. The number of ether oxygens (including phenoxy) is 1. The minimum Gasteiger partial charge on any atom is -0.481 e. The van der Waals surface area contributed by atoms with E-state index in [4.69, 9.17) is 4.74 Å². The van der Waals surface area contributed by atoms with Crippen molar-refractivity contribution in [2.24, 2.45) is 0 Å². The van der Waals surface area contributed by atoms with Crippen molar-refractivity contribution in [3.63, 3.8) is 0 Å². The van der Waals surface area contributed by atoms with Gasteiger partial charge in [0.1, 0.15) is 0 Å². The van der Waals surface area contributed by atoms with Crippen LogP contribution >= 0.6 is 0 Å². The van der Waals surface area contributed by atoms with Crippen molar-refractivity contribution in [3.05, 3.63) is 51.8 Å². The smallest absolute Gasteiger partial charge is 0.278 e. The summed E-state index contributed by atoms with van der Waals surface area (Å²) in [6, 6.07) is 9.11. The molecule has 1 saturated heterocycles. The number of amides is 1. The van der Waals surface area contributed by atoms with Crippen LogP contribution in [0.3, 0.4) is 0 Å². The monoisotopic (exact) mass is 341 g/mol. The highest BCUT2D eigenvalue weighted by Gasteiger charge is 2.28. The number of benzene rings is 1. The second kappa shape index (κ2) is 7.09. The molecule has 2 aromatic rings. The number of rotatable bonds is 3. The fourth-order valence-corrected chi connectivity index (χ4v) is 3.14. The van der Waals surface area contributed by atoms with Gasteiger partial charge in [-0.25, -0.2) is 4.68 Å².